The highest BCUT2D eigenvalue weighted by molar-refractivity contribution is 6.07. The van der Waals surface area contributed by atoms with Crippen LogP contribution in [0, 0.1) is 6.92 Å². The number of aliphatic carboxylic acids is 2. The van der Waals surface area contributed by atoms with Crippen molar-refractivity contribution in [1.82, 2.24) is 14.9 Å². The number of carboxylic acids is 2. The number of amides is 1. The first-order valence-corrected chi connectivity index (χ1v) is 8.79. The molecule has 0 spiro atoms. The Kier molecular flexibility index (Phi) is 5.77. The molecule has 0 fully saturated rings. The number of hydrogen-bond acceptors (Lipinski definition) is 5. The number of aromatic amines is 1. The number of furan rings is 1. The number of nitrogens with one attached hydrogen (secondary N) is 1. The topological polar surface area (TPSA) is 137 Å². The number of benzene rings is 1. The maximum atomic E-state index is 12.8. The minimum Gasteiger partial charge on any atom is -0.478 e. The third kappa shape index (κ3) is 4.52. The summed E-state index contributed by atoms with van der Waals surface area (Å²) in [6.07, 6.45) is 3.53. The van der Waals surface area contributed by atoms with Gasteiger partial charge in [0.2, 0.25) is 0 Å². The number of nitrogens with zero attached hydrogens (tertiary/aromatic N) is 2. The van der Waals surface area contributed by atoms with Gasteiger partial charge < -0.3 is 24.5 Å². The lowest BCUT2D eigenvalue weighted by Crippen LogP contribution is -2.36. The summed E-state index contributed by atoms with van der Waals surface area (Å²) in [4.78, 5) is 41.0. The zero-order valence-electron chi connectivity index (χ0n) is 15.6. The van der Waals surface area contributed by atoms with E-state index in [0.717, 1.165) is 34.5 Å². The second-order valence-electron chi connectivity index (χ2n) is 6.36. The Bertz CT molecular complexity index is 1080. The van der Waals surface area contributed by atoms with Crippen LogP contribution < -0.4 is 0 Å². The predicted octanol–water partition coefficient (Wildman–Crippen LogP) is 2.37. The largest absolute Gasteiger partial charge is 0.478 e. The van der Waals surface area contributed by atoms with Crippen LogP contribution in [-0.4, -0.2) is 49.5 Å². The van der Waals surface area contributed by atoms with Crippen LogP contribution in [0.25, 0.3) is 11.0 Å². The van der Waals surface area contributed by atoms with E-state index in [1.807, 2.05) is 36.1 Å². The smallest absolute Gasteiger partial charge is 0.328 e. The summed E-state index contributed by atoms with van der Waals surface area (Å²) in [5.41, 5.74) is 3.42. The Morgan fingerprint density at radius 3 is 2.55 bits per heavy atom. The number of rotatable bonds is 4. The van der Waals surface area contributed by atoms with Crippen LogP contribution in [-0.2, 0) is 22.6 Å². The van der Waals surface area contributed by atoms with Crippen molar-refractivity contribution in [2.24, 2.45) is 0 Å². The van der Waals surface area contributed by atoms with E-state index in [1.165, 1.54) is 0 Å². The molecule has 1 amide bonds. The second-order valence-corrected chi connectivity index (χ2v) is 6.36. The highest BCUT2D eigenvalue weighted by atomic mass is 16.4. The summed E-state index contributed by atoms with van der Waals surface area (Å²) in [6, 6.07) is 7.71. The van der Waals surface area contributed by atoms with E-state index >= 15 is 0 Å². The third-order valence-electron chi connectivity index (χ3n) is 4.42. The van der Waals surface area contributed by atoms with Crippen molar-refractivity contribution in [2.45, 2.75) is 19.9 Å². The maximum absolute atomic E-state index is 12.8. The molecule has 150 valence electrons. The quantitative estimate of drug-likeness (QED) is 0.575. The highest BCUT2D eigenvalue weighted by Crippen LogP contribution is 2.30. The number of carbonyl (C=O) groups excluding carboxylic acids is 1. The fraction of sp³-hybridized carbons (Fsp3) is 0.200. The number of carboxylic acid groups (broad SMARTS) is 2. The van der Waals surface area contributed by atoms with Crippen LogP contribution >= 0.6 is 0 Å². The monoisotopic (exact) mass is 397 g/mol. The average molecular weight is 397 g/mol. The number of aryl methyl sites for hydroxylation is 1. The van der Waals surface area contributed by atoms with Crippen molar-refractivity contribution >= 4 is 28.8 Å². The Balaban J connectivity index is 0.000000258. The molecule has 9 heteroatoms. The average Bonchev–Trinajstić information content (AvgIpc) is 3.26. The lowest BCUT2D eigenvalue weighted by molar-refractivity contribution is -0.134. The van der Waals surface area contributed by atoms with Gasteiger partial charge in [0.1, 0.15) is 11.3 Å². The Morgan fingerprint density at radius 1 is 1.24 bits per heavy atom. The summed E-state index contributed by atoms with van der Waals surface area (Å²) in [5.74, 6) is -1.68. The Morgan fingerprint density at radius 2 is 1.93 bits per heavy atom. The molecule has 1 aliphatic heterocycles. The lowest BCUT2D eigenvalue weighted by Gasteiger charge is -2.25. The molecule has 4 rings (SSSR count). The van der Waals surface area contributed by atoms with E-state index in [1.54, 1.807) is 6.33 Å². The van der Waals surface area contributed by atoms with Gasteiger partial charge in [0.25, 0.3) is 5.91 Å². The van der Waals surface area contributed by atoms with E-state index in [0.29, 0.717) is 30.8 Å². The predicted molar refractivity (Wildman–Crippen MR) is 102 cm³/mol. The van der Waals surface area contributed by atoms with Gasteiger partial charge >= 0.3 is 11.9 Å². The fourth-order valence-corrected chi connectivity index (χ4v) is 3.02. The molecule has 0 radical (unpaired) electrons. The zero-order valence-corrected chi connectivity index (χ0v) is 15.6. The number of imidazole rings is 1. The van der Waals surface area contributed by atoms with Crippen LogP contribution in [0.2, 0.25) is 0 Å². The van der Waals surface area contributed by atoms with Crippen LogP contribution in [0.3, 0.4) is 0 Å². The lowest BCUT2D eigenvalue weighted by atomic mass is 10.0. The molecular formula is C20H19N3O6. The number of fused-ring (bicyclic) bond motifs is 3. The molecule has 0 bridgehead atoms. The van der Waals surface area contributed by atoms with Crippen LogP contribution in [0.1, 0.15) is 27.5 Å². The Hall–Kier alpha value is -3.88. The van der Waals surface area contributed by atoms with Crippen molar-refractivity contribution in [3.63, 3.8) is 0 Å². The number of aromatic nitrogens is 2. The number of hydrogen-bond donors (Lipinski definition) is 3. The summed E-state index contributed by atoms with van der Waals surface area (Å²) in [5, 5.41) is 16.5. The van der Waals surface area contributed by atoms with Gasteiger partial charge in [0.15, 0.2) is 0 Å². The molecule has 3 aromatic rings. The van der Waals surface area contributed by atoms with Crippen LogP contribution in [0.15, 0.2) is 47.2 Å². The van der Waals surface area contributed by atoms with E-state index in [-0.39, 0.29) is 5.91 Å². The van der Waals surface area contributed by atoms with Gasteiger partial charge in [0.05, 0.1) is 24.1 Å². The third-order valence-corrected chi connectivity index (χ3v) is 4.42. The molecule has 1 aromatic carbocycles. The standard InChI is InChI=1S/C16H15N3O2.C4H4O4/c1-10-12(18-9-17-10)8-19-7-6-14-15(16(19)20)11-4-2-3-5-13(11)21-14;5-3(6)1-2-4(7)8/h2-5,9H,6-8H2,1H3,(H,17,18);1-2H,(H,5,6)(H,7,8)/b;2-1-. The zero-order chi connectivity index (χ0) is 21.0. The molecule has 0 unspecified atom stereocenters. The maximum Gasteiger partial charge on any atom is 0.328 e. The van der Waals surface area contributed by atoms with E-state index in [2.05, 4.69) is 9.97 Å². The second kappa shape index (κ2) is 8.42. The van der Waals surface area contributed by atoms with E-state index < -0.39 is 11.9 Å². The van der Waals surface area contributed by atoms with Gasteiger partial charge in [-0.3, -0.25) is 4.79 Å². The van der Waals surface area contributed by atoms with Gasteiger partial charge in [0, 0.05) is 36.2 Å². The minimum absolute atomic E-state index is 0.0311. The molecule has 0 aliphatic carbocycles. The van der Waals surface area contributed by atoms with Gasteiger partial charge in [-0.1, -0.05) is 18.2 Å². The summed E-state index contributed by atoms with van der Waals surface area (Å²) in [6.45, 7) is 3.17. The molecule has 3 heterocycles. The fourth-order valence-electron chi connectivity index (χ4n) is 3.02. The molecule has 0 saturated heterocycles. The van der Waals surface area contributed by atoms with Gasteiger partial charge in [-0.2, -0.15) is 0 Å². The summed E-state index contributed by atoms with van der Waals surface area (Å²) in [7, 11) is 0. The minimum atomic E-state index is -1.26. The first-order valence-electron chi connectivity index (χ1n) is 8.79. The van der Waals surface area contributed by atoms with Gasteiger partial charge in [-0.05, 0) is 13.0 Å². The molecule has 0 atom stereocenters. The van der Waals surface area contributed by atoms with Crippen molar-refractivity contribution in [3.05, 3.63) is 65.5 Å². The first kappa shape index (κ1) is 19.9. The number of carbonyl (C=O) groups is 3. The molecule has 1 aliphatic rings. The Labute approximate surface area is 165 Å². The molecular weight excluding hydrogens is 378 g/mol. The normalized spacial score (nSPS) is 13.3. The van der Waals surface area contributed by atoms with Crippen LogP contribution in [0.4, 0.5) is 0 Å². The van der Waals surface area contributed by atoms with Crippen molar-refractivity contribution in [2.75, 3.05) is 6.54 Å². The first-order chi connectivity index (χ1) is 13.9. The number of H-pyrrole nitrogens is 1. The van der Waals surface area contributed by atoms with Crippen molar-refractivity contribution < 1.29 is 29.0 Å². The number of para-hydroxylation sites is 1. The van der Waals surface area contributed by atoms with Crippen LogP contribution in [0.5, 0.6) is 0 Å². The van der Waals surface area contributed by atoms with Gasteiger partial charge in [-0.25, -0.2) is 14.6 Å². The molecule has 2 aromatic heterocycles. The van der Waals surface area contributed by atoms with Gasteiger partial charge in [-0.15, -0.1) is 0 Å². The SMILES string of the molecule is Cc1[nH]cnc1CN1CCc2oc3ccccc3c2C1=O.O=C(O)/C=C\C(=O)O. The van der Waals surface area contributed by atoms with E-state index in [4.69, 9.17) is 14.6 Å². The van der Waals surface area contributed by atoms with E-state index in [9.17, 15) is 14.4 Å². The van der Waals surface area contributed by atoms with Crippen molar-refractivity contribution in [3.8, 4) is 0 Å². The molecule has 29 heavy (non-hydrogen) atoms. The molecule has 0 saturated carbocycles. The highest BCUT2D eigenvalue weighted by Gasteiger charge is 2.30. The van der Waals surface area contributed by atoms with Crippen molar-refractivity contribution in [1.29, 1.82) is 0 Å². The summed E-state index contributed by atoms with van der Waals surface area (Å²) >= 11 is 0. The summed E-state index contributed by atoms with van der Waals surface area (Å²) < 4.78 is 5.80. The molecule has 3 N–H and O–H groups in total. The molecule has 9 nitrogen and oxygen atoms in total.